The molecule has 0 bridgehead atoms. The minimum atomic E-state index is -0.997. The van der Waals surface area contributed by atoms with Crippen LogP contribution in [0.15, 0.2) is 24.3 Å². The lowest BCUT2D eigenvalue weighted by atomic mass is 9.92. The molecule has 24 heavy (non-hydrogen) atoms. The van der Waals surface area contributed by atoms with E-state index in [0.29, 0.717) is 6.42 Å². The molecular weight excluding hydrogens is 306 g/mol. The Morgan fingerprint density at radius 3 is 2.88 bits per heavy atom. The number of aryl methyl sites for hydroxylation is 1. The summed E-state index contributed by atoms with van der Waals surface area (Å²) in [5.41, 5.74) is 0.933. The molecule has 1 aliphatic heterocycles. The maximum absolute atomic E-state index is 12.9. The molecule has 0 saturated carbocycles. The standard InChI is InChI=1S/C18H23N3O3/c1-3-6-12(2)19-15(22)11-21-16(23)18(20-17(21)24)10-9-13-7-4-5-8-14(13)18/h4-5,7-8,12H,3,6,9-11H2,1-2H3,(H,19,22)(H,20,24)/t12-,18-/m1/s1. The van der Waals surface area contributed by atoms with Crippen molar-refractivity contribution in [3.63, 3.8) is 0 Å². The molecule has 2 N–H and O–H groups in total. The number of fused-ring (bicyclic) bond motifs is 2. The van der Waals surface area contributed by atoms with Crippen LogP contribution in [0.25, 0.3) is 0 Å². The second-order valence-electron chi connectivity index (χ2n) is 6.64. The molecule has 4 amide bonds. The Morgan fingerprint density at radius 1 is 1.38 bits per heavy atom. The first-order valence-corrected chi connectivity index (χ1v) is 8.50. The quantitative estimate of drug-likeness (QED) is 0.807. The average Bonchev–Trinajstić information content (AvgIpc) is 3.02. The predicted octanol–water partition coefficient (Wildman–Crippen LogP) is 1.68. The molecule has 1 aromatic rings. The van der Waals surface area contributed by atoms with E-state index in [1.165, 1.54) is 0 Å². The summed E-state index contributed by atoms with van der Waals surface area (Å²) >= 11 is 0. The lowest BCUT2D eigenvalue weighted by Gasteiger charge is -2.22. The first-order valence-electron chi connectivity index (χ1n) is 8.50. The van der Waals surface area contributed by atoms with Crippen LogP contribution >= 0.6 is 0 Å². The van der Waals surface area contributed by atoms with Crippen molar-refractivity contribution in [2.75, 3.05) is 6.54 Å². The van der Waals surface area contributed by atoms with Gasteiger partial charge in [-0.3, -0.25) is 14.5 Å². The van der Waals surface area contributed by atoms with Gasteiger partial charge in [0, 0.05) is 6.04 Å². The van der Waals surface area contributed by atoms with Gasteiger partial charge in [0.2, 0.25) is 5.91 Å². The molecule has 1 aromatic carbocycles. The maximum atomic E-state index is 12.9. The van der Waals surface area contributed by atoms with Crippen LogP contribution in [0.5, 0.6) is 0 Å². The van der Waals surface area contributed by atoms with Crippen LogP contribution in [0.3, 0.4) is 0 Å². The van der Waals surface area contributed by atoms with Crippen LogP contribution in [-0.2, 0) is 21.5 Å². The van der Waals surface area contributed by atoms with Crippen molar-refractivity contribution in [2.24, 2.45) is 0 Å². The molecule has 2 aliphatic rings. The molecule has 1 heterocycles. The van der Waals surface area contributed by atoms with Crippen molar-refractivity contribution < 1.29 is 14.4 Å². The summed E-state index contributed by atoms with van der Waals surface area (Å²) in [6.45, 7) is 3.73. The van der Waals surface area contributed by atoms with Gasteiger partial charge in [-0.15, -0.1) is 0 Å². The van der Waals surface area contributed by atoms with Crippen molar-refractivity contribution in [1.29, 1.82) is 0 Å². The molecule has 0 unspecified atom stereocenters. The van der Waals surface area contributed by atoms with E-state index < -0.39 is 11.6 Å². The summed E-state index contributed by atoms with van der Waals surface area (Å²) in [5.74, 6) is -0.626. The van der Waals surface area contributed by atoms with Gasteiger partial charge in [-0.25, -0.2) is 4.79 Å². The van der Waals surface area contributed by atoms with Gasteiger partial charge in [0.15, 0.2) is 0 Å². The molecule has 3 rings (SSSR count). The number of nitrogens with one attached hydrogen (secondary N) is 2. The van der Waals surface area contributed by atoms with Gasteiger partial charge in [0.1, 0.15) is 12.1 Å². The van der Waals surface area contributed by atoms with E-state index in [1.54, 1.807) is 0 Å². The SMILES string of the molecule is CCC[C@@H](C)NC(=O)CN1C(=O)N[C@@]2(CCc3ccccc32)C1=O. The summed E-state index contributed by atoms with van der Waals surface area (Å²) in [6, 6.07) is 7.20. The van der Waals surface area contributed by atoms with Crippen LogP contribution in [0.2, 0.25) is 0 Å². The Balaban J connectivity index is 1.75. The zero-order valence-electron chi connectivity index (χ0n) is 14.1. The number of carbonyl (C=O) groups excluding carboxylic acids is 3. The molecule has 6 nitrogen and oxygen atoms in total. The fraction of sp³-hybridized carbons (Fsp3) is 0.500. The highest BCUT2D eigenvalue weighted by Crippen LogP contribution is 2.41. The highest BCUT2D eigenvalue weighted by Gasteiger charge is 2.55. The van der Waals surface area contributed by atoms with E-state index in [9.17, 15) is 14.4 Å². The van der Waals surface area contributed by atoms with Crippen molar-refractivity contribution in [1.82, 2.24) is 15.5 Å². The van der Waals surface area contributed by atoms with E-state index in [0.717, 1.165) is 35.3 Å². The third-order valence-corrected chi connectivity index (χ3v) is 4.85. The molecule has 2 atom stereocenters. The van der Waals surface area contributed by atoms with Gasteiger partial charge in [-0.1, -0.05) is 37.6 Å². The average molecular weight is 329 g/mol. The van der Waals surface area contributed by atoms with E-state index in [-0.39, 0.29) is 24.4 Å². The van der Waals surface area contributed by atoms with Crippen molar-refractivity contribution in [3.05, 3.63) is 35.4 Å². The number of rotatable bonds is 5. The minimum absolute atomic E-state index is 0.0319. The molecule has 0 radical (unpaired) electrons. The second-order valence-corrected chi connectivity index (χ2v) is 6.64. The monoisotopic (exact) mass is 329 g/mol. The molecule has 1 fully saturated rings. The number of hydrogen-bond donors (Lipinski definition) is 2. The number of urea groups is 1. The lowest BCUT2D eigenvalue weighted by molar-refractivity contribution is -0.135. The van der Waals surface area contributed by atoms with E-state index in [2.05, 4.69) is 10.6 Å². The summed E-state index contributed by atoms with van der Waals surface area (Å²) in [7, 11) is 0. The number of carbonyl (C=O) groups is 3. The van der Waals surface area contributed by atoms with Gasteiger partial charge in [-0.2, -0.15) is 0 Å². The van der Waals surface area contributed by atoms with Gasteiger partial charge in [-0.05, 0) is 37.3 Å². The summed E-state index contributed by atoms with van der Waals surface area (Å²) in [6.07, 6.45) is 3.12. The van der Waals surface area contributed by atoms with Crippen LogP contribution in [0.1, 0.15) is 44.2 Å². The van der Waals surface area contributed by atoms with Gasteiger partial charge in [0.25, 0.3) is 5.91 Å². The Labute approximate surface area is 141 Å². The van der Waals surface area contributed by atoms with E-state index in [4.69, 9.17) is 0 Å². The first-order chi connectivity index (χ1) is 11.5. The number of amides is 4. The van der Waals surface area contributed by atoms with Gasteiger partial charge < -0.3 is 10.6 Å². The minimum Gasteiger partial charge on any atom is -0.352 e. The van der Waals surface area contributed by atoms with Crippen LogP contribution in [0.4, 0.5) is 4.79 Å². The number of benzene rings is 1. The second kappa shape index (κ2) is 6.26. The van der Waals surface area contributed by atoms with Crippen LogP contribution < -0.4 is 10.6 Å². The molecular formula is C18H23N3O3. The third kappa shape index (κ3) is 2.66. The normalized spacial score (nSPS) is 23.3. The summed E-state index contributed by atoms with van der Waals surface area (Å²) < 4.78 is 0. The van der Waals surface area contributed by atoms with E-state index >= 15 is 0 Å². The maximum Gasteiger partial charge on any atom is 0.325 e. The number of hydrogen-bond acceptors (Lipinski definition) is 3. The van der Waals surface area contributed by atoms with Gasteiger partial charge in [0.05, 0.1) is 0 Å². The topological polar surface area (TPSA) is 78.5 Å². The van der Waals surface area contributed by atoms with Crippen molar-refractivity contribution in [2.45, 2.75) is 51.1 Å². The molecule has 1 aliphatic carbocycles. The Bertz CT molecular complexity index is 688. The van der Waals surface area contributed by atoms with Crippen molar-refractivity contribution >= 4 is 17.8 Å². The molecule has 128 valence electrons. The summed E-state index contributed by atoms with van der Waals surface area (Å²) in [4.78, 5) is 38.4. The van der Waals surface area contributed by atoms with Gasteiger partial charge >= 0.3 is 6.03 Å². The van der Waals surface area contributed by atoms with E-state index in [1.807, 2.05) is 38.1 Å². The highest BCUT2D eigenvalue weighted by atomic mass is 16.2. The Kier molecular flexibility index (Phi) is 4.30. The number of imide groups is 1. The molecule has 6 heteroatoms. The molecule has 0 aromatic heterocycles. The molecule has 1 saturated heterocycles. The Hall–Kier alpha value is -2.37. The zero-order chi connectivity index (χ0) is 17.3. The fourth-order valence-electron chi connectivity index (χ4n) is 3.70. The number of nitrogens with zero attached hydrogens (tertiary/aromatic N) is 1. The third-order valence-electron chi connectivity index (χ3n) is 4.85. The van der Waals surface area contributed by atoms with Crippen LogP contribution in [0, 0.1) is 0 Å². The highest BCUT2D eigenvalue weighted by molar-refractivity contribution is 6.09. The van der Waals surface area contributed by atoms with Crippen molar-refractivity contribution in [3.8, 4) is 0 Å². The first kappa shape index (κ1) is 16.5. The predicted molar refractivity (Wildman–Crippen MR) is 89.2 cm³/mol. The molecule has 1 spiro atoms. The smallest absolute Gasteiger partial charge is 0.325 e. The van der Waals surface area contributed by atoms with Crippen LogP contribution in [-0.4, -0.2) is 35.3 Å². The Morgan fingerprint density at radius 2 is 2.12 bits per heavy atom. The zero-order valence-corrected chi connectivity index (χ0v) is 14.1. The summed E-state index contributed by atoms with van der Waals surface area (Å²) in [5, 5.41) is 5.66. The lowest BCUT2D eigenvalue weighted by Crippen LogP contribution is -2.45. The largest absolute Gasteiger partial charge is 0.352 e. The fourth-order valence-corrected chi connectivity index (χ4v) is 3.70.